The van der Waals surface area contributed by atoms with Gasteiger partial charge in [0.15, 0.2) is 0 Å². The van der Waals surface area contributed by atoms with Gasteiger partial charge in [-0.05, 0) is 37.8 Å². The molecule has 0 N–H and O–H groups in total. The molecule has 2 heterocycles. The number of amides is 1. The van der Waals surface area contributed by atoms with Gasteiger partial charge in [-0.3, -0.25) is 9.69 Å². The van der Waals surface area contributed by atoms with E-state index in [1.165, 1.54) is 36.1 Å². The molecule has 1 aliphatic carbocycles. The molecule has 0 radical (unpaired) electrons. The van der Waals surface area contributed by atoms with E-state index in [4.69, 9.17) is 0 Å². The van der Waals surface area contributed by atoms with E-state index < -0.39 is 0 Å². The minimum Gasteiger partial charge on any atom is -0.335 e. The third-order valence-corrected chi connectivity index (χ3v) is 6.36. The molecule has 1 aliphatic heterocycles. The average molecular weight is 306 g/mol. The molecule has 0 bridgehead atoms. The SMILES string of the molecule is CCc1sc(C(=O)N2CCN(C3CCCC3)CC2)cc1C. The van der Waals surface area contributed by atoms with Gasteiger partial charge in [-0.15, -0.1) is 11.3 Å². The largest absolute Gasteiger partial charge is 0.335 e. The number of hydrogen-bond donors (Lipinski definition) is 0. The first kappa shape index (κ1) is 15.0. The molecule has 0 spiro atoms. The minimum absolute atomic E-state index is 0.244. The summed E-state index contributed by atoms with van der Waals surface area (Å²) >= 11 is 1.68. The molecule has 1 saturated carbocycles. The third-order valence-electron chi connectivity index (χ3n) is 5.00. The molecule has 2 aliphatic rings. The maximum Gasteiger partial charge on any atom is 0.264 e. The van der Waals surface area contributed by atoms with Crippen LogP contribution in [0.4, 0.5) is 0 Å². The van der Waals surface area contributed by atoms with Gasteiger partial charge in [0, 0.05) is 37.1 Å². The minimum atomic E-state index is 0.244. The number of rotatable bonds is 3. The molecule has 116 valence electrons. The maximum atomic E-state index is 12.6. The molecule has 0 unspecified atom stereocenters. The molecule has 1 aromatic rings. The molecule has 0 aromatic carbocycles. The van der Waals surface area contributed by atoms with Crippen molar-refractivity contribution >= 4 is 17.2 Å². The monoisotopic (exact) mass is 306 g/mol. The Morgan fingerprint density at radius 1 is 1.24 bits per heavy atom. The fourth-order valence-electron chi connectivity index (χ4n) is 3.69. The standard InChI is InChI=1S/C17H26N2OS/c1-3-15-13(2)12-16(21-15)17(20)19-10-8-18(9-11-19)14-6-4-5-7-14/h12,14H,3-11H2,1-2H3. The Labute approximate surface area is 131 Å². The van der Waals surface area contributed by atoms with Crippen LogP contribution >= 0.6 is 11.3 Å². The second kappa shape index (κ2) is 6.49. The molecule has 2 fully saturated rings. The molecule has 1 saturated heterocycles. The molecule has 21 heavy (non-hydrogen) atoms. The van der Waals surface area contributed by atoms with Crippen LogP contribution in [0.5, 0.6) is 0 Å². The number of piperazine rings is 1. The van der Waals surface area contributed by atoms with Gasteiger partial charge in [-0.1, -0.05) is 19.8 Å². The number of hydrogen-bond acceptors (Lipinski definition) is 3. The summed E-state index contributed by atoms with van der Waals surface area (Å²) in [4.78, 5) is 19.6. The second-order valence-corrected chi connectivity index (χ2v) is 7.47. The topological polar surface area (TPSA) is 23.6 Å². The van der Waals surface area contributed by atoms with Crippen molar-refractivity contribution in [2.75, 3.05) is 26.2 Å². The molecule has 1 aromatic heterocycles. The zero-order valence-corrected chi connectivity index (χ0v) is 14.0. The molecular weight excluding hydrogens is 280 g/mol. The van der Waals surface area contributed by atoms with Gasteiger partial charge in [-0.25, -0.2) is 0 Å². The third kappa shape index (κ3) is 3.16. The Bertz CT molecular complexity index is 497. The van der Waals surface area contributed by atoms with Gasteiger partial charge in [-0.2, -0.15) is 0 Å². The highest BCUT2D eigenvalue weighted by Crippen LogP contribution is 2.26. The molecule has 3 rings (SSSR count). The van der Waals surface area contributed by atoms with Crippen molar-refractivity contribution < 1.29 is 4.79 Å². The number of aryl methyl sites for hydroxylation is 2. The predicted molar refractivity (Wildman–Crippen MR) is 88.2 cm³/mol. The highest BCUT2D eigenvalue weighted by atomic mass is 32.1. The summed E-state index contributed by atoms with van der Waals surface area (Å²) in [6.45, 7) is 8.18. The number of carbonyl (C=O) groups excluding carboxylic acids is 1. The summed E-state index contributed by atoms with van der Waals surface area (Å²) in [6.07, 6.45) is 6.52. The summed E-state index contributed by atoms with van der Waals surface area (Å²) in [5.41, 5.74) is 1.27. The van der Waals surface area contributed by atoms with E-state index in [-0.39, 0.29) is 5.91 Å². The fraction of sp³-hybridized carbons (Fsp3) is 0.706. The lowest BCUT2D eigenvalue weighted by Crippen LogP contribution is -2.51. The number of carbonyl (C=O) groups is 1. The van der Waals surface area contributed by atoms with Gasteiger partial charge in [0.2, 0.25) is 0 Å². The van der Waals surface area contributed by atoms with Crippen LogP contribution in [0.1, 0.15) is 52.7 Å². The Morgan fingerprint density at radius 3 is 2.48 bits per heavy atom. The van der Waals surface area contributed by atoms with Crippen LogP contribution in [0.2, 0.25) is 0 Å². The zero-order valence-electron chi connectivity index (χ0n) is 13.2. The van der Waals surface area contributed by atoms with Crippen molar-refractivity contribution in [2.45, 2.75) is 52.0 Å². The lowest BCUT2D eigenvalue weighted by molar-refractivity contribution is 0.0578. The van der Waals surface area contributed by atoms with Gasteiger partial charge in [0.05, 0.1) is 4.88 Å². The van der Waals surface area contributed by atoms with Crippen molar-refractivity contribution in [3.63, 3.8) is 0 Å². The van der Waals surface area contributed by atoms with Crippen LogP contribution in [0.25, 0.3) is 0 Å². The van der Waals surface area contributed by atoms with Crippen molar-refractivity contribution in [3.8, 4) is 0 Å². The van der Waals surface area contributed by atoms with Gasteiger partial charge in [0.25, 0.3) is 5.91 Å². The van der Waals surface area contributed by atoms with Crippen molar-refractivity contribution in [1.82, 2.24) is 9.80 Å². The normalized spacial score (nSPS) is 21.1. The summed E-state index contributed by atoms with van der Waals surface area (Å²) in [7, 11) is 0. The lowest BCUT2D eigenvalue weighted by Gasteiger charge is -2.37. The van der Waals surface area contributed by atoms with Crippen LogP contribution in [-0.4, -0.2) is 47.9 Å². The predicted octanol–water partition coefficient (Wildman–Crippen LogP) is 3.32. The zero-order chi connectivity index (χ0) is 14.8. The first-order chi connectivity index (χ1) is 10.2. The first-order valence-electron chi connectivity index (χ1n) is 8.31. The van der Waals surface area contributed by atoms with Crippen molar-refractivity contribution in [2.24, 2.45) is 0 Å². The van der Waals surface area contributed by atoms with Crippen LogP contribution in [0.3, 0.4) is 0 Å². The first-order valence-corrected chi connectivity index (χ1v) is 9.13. The van der Waals surface area contributed by atoms with E-state index in [0.717, 1.165) is 43.5 Å². The molecular formula is C17H26N2OS. The van der Waals surface area contributed by atoms with E-state index in [0.29, 0.717) is 0 Å². The summed E-state index contributed by atoms with van der Waals surface area (Å²) in [5.74, 6) is 0.244. The van der Waals surface area contributed by atoms with E-state index >= 15 is 0 Å². The Balaban J connectivity index is 1.59. The van der Waals surface area contributed by atoms with Crippen molar-refractivity contribution in [1.29, 1.82) is 0 Å². The fourth-order valence-corrected chi connectivity index (χ4v) is 4.77. The molecule has 3 nitrogen and oxygen atoms in total. The highest BCUT2D eigenvalue weighted by Gasteiger charge is 2.28. The van der Waals surface area contributed by atoms with Crippen LogP contribution < -0.4 is 0 Å². The quantitative estimate of drug-likeness (QED) is 0.855. The second-order valence-electron chi connectivity index (χ2n) is 6.34. The summed E-state index contributed by atoms with van der Waals surface area (Å²) in [6, 6.07) is 2.87. The van der Waals surface area contributed by atoms with Crippen molar-refractivity contribution in [3.05, 3.63) is 21.4 Å². The van der Waals surface area contributed by atoms with E-state index in [9.17, 15) is 4.79 Å². The smallest absolute Gasteiger partial charge is 0.264 e. The number of nitrogens with zero attached hydrogens (tertiary/aromatic N) is 2. The Morgan fingerprint density at radius 2 is 1.90 bits per heavy atom. The summed E-state index contributed by atoms with van der Waals surface area (Å²) in [5, 5.41) is 0. The molecule has 1 amide bonds. The summed E-state index contributed by atoms with van der Waals surface area (Å²) < 4.78 is 0. The molecule has 4 heteroatoms. The Kier molecular flexibility index (Phi) is 4.65. The lowest BCUT2D eigenvalue weighted by atomic mass is 10.1. The van der Waals surface area contributed by atoms with Gasteiger partial charge in [0.1, 0.15) is 0 Å². The Hall–Kier alpha value is -0.870. The van der Waals surface area contributed by atoms with Gasteiger partial charge < -0.3 is 4.90 Å². The highest BCUT2D eigenvalue weighted by molar-refractivity contribution is 7.14. The van der Waals surface area contributed by atoms with E-state index in [1.807, 2.05) is 0 Å². The van der Waals surface area contributed by atoms with Gasteiger partial charge >= 0.3 is 0 Å². The van der Waals surface area contributed by atoms with Crippen LogP contribution in [0.15, 0.2) is 6.07 Å². The molecule has 0 atom stereocenters. The van der Waals surface area contributed by atoms with Crippen LogP contribution in [-0.2, 0) is 6.42 Å². The number of thiophene rings is 1. The van der Waals surface area contributed by atoms with E-state index in [1.54, 1.807) is 11.3 Å². The maximum absolute atomic E-state index is 12.6. The average Bonchev–Trinajstić information content (AvgIpc) is 3.16. The van der Waals surface area contributed by atoms with E-state index in [2.05, 4.69) is 29.7 Å². The van der Waals surface area contributed by atoms with Crippen LogP contribution in [0, 0.1) is 6.92 Å².